The van der Waals surface area contributed by atoms with Gasteiger partial charge in [0, 0.05) is 7.11 Å². The molecule has 0 bridgehead atoms. The summed E-state index contributed by atoms with van der Waals surface area (Å²) >= 11 is 0. The minimum absolute atomic E-state index is 0.0693. The van der Waals surface area contributed by atoms with E-state index in [-0.39, 0.29) is 18.9 Å². The Morgan fingerprint density at radius 1 is 1.29 bits per heavy atom. The average Bonchev–Trinajstić information content (AvgIpc) is 2.56. The zero-order valence-corrected chi connectivity index (χ0v) is 9.30. The first-order valence-electron chi connectivity index (χ1n) is 5.11. The van der Waals surface area contributed by atoms with Crippen LogP contribution in [-0.2, 0) is 14.3 Å². The number of benzene rings is 1. The Bertz CT molecular complexity index is 495. The quantitative estimate of drug-likeness (QED) is 0.707. The summed E-state index contributed by atoms with van der Waals surface area (Å²) in [5.74, 6) is -1.47. The highest BCUT2D eigenvalue weighted by Gasteiger charge is 2.36. The van der Waals surface area contributed by atoms with E-state index >= 15 is 0 Å². The van der Waals surface area contributed by atoms with Crippen molar-refractivity contribution in [3.05, 3.63) is 29.8 Å². The van der Waals surface area contributed by atoms with Gasteiger partial charge in [-0.2, -0.15) is 0 Å². The van der Waals surface area contributed by atoms with E-state index in [1.54, 1.807) is 24.3 Å². The van der Waals surface area contributed by atoms with Crippen LogP contribution in [0, 0.1) is 0 Å². The van der Waals surface area contributed by atoms with E-state index in [1.165, 1.54) is 12.0 Å². The molecular formula is C12H11NO4. The monoisotopic (exact) mass is 233 g/mol. The summed E-state index contributed by atoms with van der Waals surface area (Å²) in [6.07, 6.45) is 0. The van der Waals surface area contributed by atoms with Crippen molar-refractivity contribution in [3.8, 4) is 0 Å². The summed E-state index contributed by atoms with van der Waals surface area (Å²) < 4.78 is 4.69. The van der Waals surface area contributed by atoms with E-state index in [0.29, 0.717) is 11.3 Å². The van der Waals surface area contributed by atoms with Crippen LogP contribution in [0.25, 0.3) is 0 Å². The Kier molecular flexibility index (Phi) is 3.01. The van der Waals surface area contributed by atoms with Crippen molar-refractivity contribution in [1.82, 2.24) is 0 Å². The van der Waals surface area contributed by atoms with Gasteiger partial charge in [0.25, 0.3) is 11.7 Å². The van der Waals surface area contributed by atoms with Crippen LogP contribution >= 0.6 is 0 Å². The molecule has 5 nitrogen and oxygen atoms in total. The highest BCUT2D eigenvalue weighted by Crippen LogP contribution is 2.27. The maximum Gasteiger partial charge on any atom is 0.299 e. The summed E-state index contributed by atoms with van der Waals surface area (Å²) in [6, 6.07) is 6.64. The maximum atomic E-state index is 11.7. The minimum atomic E-state index is -0.657. The number of ether oxygens (including phenoxy) is 1. The number of amides is 1. The van der Waals surface area contributed by atoms with E-state index in [1.807, 2.05) is 0 Å². The Morgan fingerprint density at radius 2 is 2.00 bits per heavy atom. The van der Waals surface area contributed by atoms with Crippen LogP contribution in [0.1, 0.15) is 10.4 Å². The van der Waals surface area contributed by atoms with Crippen LogP contribution in [-0.4, -0.2) is 37.7 Å². The molecule has 0 atom stereocenters. The van der Waals surface area contributed by atoms with Crippen LogP contribution in [0.4, 0.5) is 5.69 Å². The number of hydrogen-bond acceptors (Lipinski definition) is 4. The summed E-state index contributed by atoms with van der Waals surface area (Å²) in [5, 5.41) is 0. The van der Waals surface area contributed by atoms with Crippen molar-refractivity contribution in [2.24, 2.45) is 0 Å². The van der Waals surface area contributed by atoms with Crippen LogP contribution in [0.3, 0.4) is 0 Å². The van der Waals surface area contributed by atoms with E-state index in [0.717, 1.165) is 0 Å². The van der Waals surface area contributed by atoms with Crippen LogP contribution in [0.2, 0.25) is 0 Å². The van der Waals surface area contributed by atoms with Crippen LogP contribution in [0.5, 0.6) is 0 Å². The molecule has 0 radical (unpaired) electrons. The molecule has 5 heteroatoms. The first kappa shape index (κ1) is 11.5. The molecule has 0 saturated carbocycles. The van der Waals surface area contributed by atoms with Gasteiger partial charge in [0.1, 0.15) is 6.61 Å². The SMILES string of the molecule is COCC(=O)CN1C(=O)C(=O)c2ccccc21. The highest BCUT2D eigenvalue weighted by molar-refractivity contribution is 6.52. The topological polar surface area (TPSA) is 63.7 Å². The number of anilines is 1. The Morgan fingerprint density at radius 3 is 2.71 bits per heavy atom. The van der Waals surface area contributed by atoms with E-state index < -0.39 is 11.7 Å². The number of hydrogen-bond donors (Lipinski definition) is 0. The number of Topliss-reactive ketones (excluding diaryl/α,β-unsaturated/α-hetero) is 2. The predicted molar refractivity (Wildman–Crippen MR) is 60.0 cm³/mol. The van der Waals surface area contributed by atoms with Crippen LogP contribution < -0.4 is 4.90 Å². The van der Waals surface area contributed by atoms with Crippen molar-refractivity contribution in [3.63, 3.8) is 0 Å². The van der Waals surface area contributed by atoms with Gasteiger partial charge in [-0.05, 0) is 12.1 Å². The molecule has 0 aliphatic carbocycles. The Hall–Kier alpha value is -2.01. The number of rotatable bonds is 4. The Balaban J connectivity index is 2.27. The number of nitrogens with zero attached hydrogens (tertiary/aromatic N) is 1. The van der Waals surface area contributed by atoms with Gasteiger partial charge in [0.15, 0.2) is 5.78 Å². The summed E-state index contributed by atoms with van der Waals surface area (Å²) in [5.41, 5.74) is 0.842. The van der Waals surface area contributed by atoms with Crippen molar-refractivity contribution >= 4 is 23.2 Å². The van der Waals surface area contributed by atoms with Crippen molar-refractivity contribution in [2.75, 3.05) is 25.2 Å². The molecule has 0 aromatic heterocycles. The lowest BCUT2D eigenvalue weighted by atomic mass is 10.1. The van der Waals surface area contributed by atoms with Gasteiger partial charge in [-0.25, -0.2) is 0 Å². The second-order valence-corrected chi connectivity index (χ2v) is 3.71. The predicted octanol–water partition coefficient (Wildman–Crippen LogP) is 0.431. The van der Waals surface area contributed by atoms with Gasteiger partial charge in [-0.3, -0.25) is 19.3 Å². The summed E-state index contributed by atoms with van der Waals surface area (Å²) in [7, 11) is 1.41. The third-order valence-corrected chi connectivity index (χ3v) is 2.52. The van der Waals surface area contributed by atoms with E-state index in [2.05, 4.69) is 0 Å². The smallest absolute Gasteiger partial charge is 0.299 e. The minimum Gasteiger partial charge on any atom is -0.377 e. The Labute approximate surface area is 98.0 Å². The fourth-order valence-corrected chi connectivity index (χ4v) is 1.79. The molecule has 1 aromatic rings. The molecule has 17 heavy (non-hydrogen) atoms. The number of methoxy groups -OCH3 is 1. The average molecular weight is 233 g/mol. The van der Waals surface area contributed by atoms with Gasteiger partial charge < -0.3 is 4.74 Å². The molecule has 0 saturated heterocycles. The number of para-hydroxylation sites is 1. The fraction of sp³-hybridized carbons (Fsp3) is 0.250. The normalized spacial score (nSPS) is 14.1. The maximum absolute atomic E-state index is 11.7. The molecule has 1 amide bonds. The first-order chi connectivity index (χ1) is 8.15. The molecule has 1 aliphatic rings. The van der Waals surface area contributed by atoms with E-state index in [4.69, 9.17) is 4.74 Å². The zero-order chi connectivity index (χ0) is 12.4. The summed E-state index contributed by atoms with van der Waals surface area (Å²) in [4.78, 5) is 35.9. The van der Waals surface area contributed by atoms with Crippen molar-refractivity contribution in [1.29, 1.82) is 0 Å². The largest absolute Gasteiger partial charge is 0.377 e. The lowest BCUT2D eigenvalue weighted by Gasteiger charge is -2.14. The fourth-order valence-electron chi connectivity index (χ4n) is 1.79. The molecule has 0 spiro atoms. The van der Waals surface area contributed by atoms with Crippen molar-refractivity contribution < 1.29 is 19.1 Å². The van der Waals surface area contributed by atoms with Gasteiger partial charge in [-0.15, -0.1) is 0 Å². The molecule has 2 rings (SSSR count). The molecule has 88 valence electrons. The van der Waals surface area contributed by atoms with Crippen LogP contribution in [0.15, 0.2) is 24.3 Å². The molecule has 0 unspecified atom stereocenters. The molecular weight excluding hydrogens is 222 g/mol. The molecule has 0 N–H and O–H groups in total. The molecule has 1 heterocycles. The third kappa shape index (κ3) is 1.97. The molecule has 1 aliphatic heterocycles. The number of carbonyl (C=O) groups is 3. The first-order valence-corrected chi connectivity index (χ1v) is 5.11. The van der Waals surface area contributed by atoms with E-state index in [9.17, 15) is 14.4 Å². The summed E-state index contributed by atoms with van der Waals surface area (Å²) in [6.45, 7) is -0.199. The second-order valence-electron chi connectivity index (χ2n) is 3.71. The lowest BCUT2D eigenvalue weighted by molar-refractivity contribution is -0.123. The number of fused-ring (bicyclic) bond motifs is 1. The number of ketones is 2. The van der Waals surface area contributed by atoms with Gasteiger partial charge in [-0.1, -0.05) is 12.1 Å². The molecule has 1 aromatic carbocycles. The van der Waals surface area contributed by atoms with Gasteiger partial charge in [0.05, 0.1) is 17.8 Å². The number of carbonyl (C=O) groups excluding carboxylic acids is 3. The molecule has 0 fully saturated rings. The van der Waals surface area contributed by atoms with Gasteiger partial charge in [0.2, 0.25) is 0 Å². The third-order valence-electron chi connectivity index (χ3n) is 2.52. The van der Waals surface area contributed by atoms with Crippen molar-refractivity contribution in [2.45, 2.75) is 0 Å². The zero-order valence-electron chi connectivity index (χ0n) is 9.30. The standard InChI is InChI=1S/C12H11NO4/c1-17-7-8(14)6-13-10-5-3-2-4-9(10)11(15)12(13)16/h2-5H,6-7H2,1H3. The highest BCUT2D eigenvalue weighted by atomic mass is 16.5. The van der Waals surface area contributed by atoms with Gasteiger partial charge >= 0.3 is 0 Å². The second kappa shape index (κ2) is 4.47. The lowest BCUT2D eigenvalue weighted by Crippen LogP contribution is -2.35.